The molecule has 1 aromatic rings. The topological polar surface area (TPSA) is 47.3 Å². The number of benzene rings is 1. The second kappa shape index (κ2) is 6.21. The zero-order chi connectivity index (χ0) is 13.8. The SMILES string of the molecule is NC1=CC[C@@H](COc2ccc(C3CCCCC3)cc2)N1. The van der Waals surface area contributed by atoms with Crippen molar-refractivity contribution in [3.05, 3.63) is 41.7 Å². The van der Waals surface area contributed by atoms with E-state index in [4.69, 9.17) is 10.5 Å². The molecule has 1 fully saturated rings. The van der Waals surface area contributed by atoms with Gasteiger partial charge < -0.3 is 15.8 Å². The molecule has 1 saturated carbocycles. The van der Waals surface area contributed by atoms with Gasteiger partial charge in [0.05, 0.1) is 11.9 Å². The van der Waals surface area contributed by atoms with Crippen molar-refractivity contribution in [2.24, 2.45) is 5.73 Å². The first-order chi connectivity index (χ1) is 9.81. The molecule has 0 bridgehead atoms. The number of nitrogens with two attached hydrogens (primary N) is 1. The van der Waals surface area contributed by atoms with Crippen molar-refractivity contribution >= 4 is 0 Å². The van der Waals surface area contributed by atoms with Crippen LogP contribution in [0.4, 0.5) is 0 Å². The minimum Gasteiger partial charge on any atom is -0.491 e. The van der Waals surface area contributed by atoms with Gasteiger partial charge in [0.25, 0.3) is 0 Å². The Morgan fingerprint density at radius 1 is 1.10 bits per heavy atom. The highest BCUT2D eigenvalue weighted by Gasteiger charge is 2.16. The third-order valence-corrected chi connectivity index (χ3v) is 4.40. The first kappa shape index (κ1) is 13.3. The van der Waals surface area contributed by atoms with Gasteiger partial charge in [0.2, 0.25) is 0 Å². The predicted octanol–water partition coefficient (Wildman–Crippen LogP) is 3.28. The summed E-state index contributed by atoms with van der Waals surface area (Å²) in [5.41, 5.74) is 7.16. The van der Waals surface area contributed by atoms with Crippen LogP contribution in [0.25, 0.3) is 0 Å². The highest BCUT2D eigenvalue weighted by atomic mass is 16.5. The molecule has 0 radical (unpaired) electrons. The average Bonchev–Trinajstić information content (AvgIpc) is 2.92. The molecule has 0 aromatic heterocycles. The normalized spacial score (nSPS) is 23.2. The summed E-state index contributed by atoms with van der Waals surface area (Å²) in [6.07, 6.45) is 9.82. The summed E-state index contributed by atoms with van der Waals surface area (Å²) in [7, 11) is 0. The Bertz CT molecular complexity index is 460. The lowest BCUT2D eigenvalue weighted by Gasteiger charge is -2.22. The average molecular weight is 272 g/mol. The molecule has 3 rings (SSSR count). The molecule has 0 unspecified atom stereocenters. The maximum atomic E-state index is 5.83. The van der Waals surface area contributed by atoms with Gasteiger partial charge in [-0.3, -0.25) is 0 Å². The lowest BCUT2D eigenvalue weighted by atomic mass is 9.84. The van der Waals surface area contributed by atoms with Crippen molar-refractivity contribution in [3.63, 3.8) is 0 Å². The summed E-state index contributed by atoms with van der Waals surface area (Å²) in [5, 5.41) is 3.20. The van der Waals surface area contributed by atoms with Crippen LogP contribution in [0.3, 0.4) is 0 Å². The summed E-state index contributed by atoms with van der Waals surface area (Å²) in [6, 6.07) is 9.00. The van der Waals surface area contributed by atoms with E-state index in [0.717, 1.165) is 23.9 Å². The Kier molecular flexibility index (Phi) is 4.14. The summed E-state index contributed by atoms with van der Waals surface area (Å²) in [5.74, 6) is 2.49. The molecule has 20 heavy (non-hydrogen) atoms. The maximum absolute atomic E-state index is 5.83. The molecule has 0 saturated heterocycles. The molecule has 2 aliphatic rings. The number of rotatable bonds is 4. The van der Waals surface area contributed by atoms with Gasteiger partial charge in [-0.15, -0.1) is 0 Å². The molecule has 0 spiro atoms. The van der Waals surface area contributed by atoms with E-state index in [1.807, 2.05) is 6.08 Å². The van der Waals surface area contributed by atoms with Crippen molar-refractivity contribution in [2.45, 2.75) is 50.5 Å². The monoisotopic (exact) mass is 272 g/mol. The van der Waals surface area contributed by atoms with E-state index in [2.05, 4.69) is 29.6 Å². The Labute approximate surface area is 121 Å². The first-order valence-electron chi connectivity index (χ1n) is 7.76. The fourth-order valence-electron chi connectivity index (χ4n) is 3.20. The highest BCUT2D eigenvalue weighted by Crippen LogP contribution is 2.33. The van der Waals surface area contributed by atoms with Crippen LogP contribution in [0.2, 0.25) is 0 Å². The van der Waals surface area contributed by atoms with E-state index in [9.17, 15) is 0 Å². The molecule has 3 nitrogen and oxygen atoms in total. The summed E-state index contributed by atoms with van der Waals surface area (Å²) >= 11 is 0. The van der Waals surface area contributed by atoms with Gasteiger partial charge in [0.1, 0.15) is 12.4 Å². The van der Waals surface area contributed by atoms with Crippen LogP contribution in [0.5, 0.6) is 5.75 Å². The number of nitrogens with one attached hydrogen (secondary N) is 1. The predicted molar refractivity (Wildman–Crippen MR) is 81.6 cm³/mol. The number of hydrogen-bond donors (Lipinski definition) is 2. The van der Waals surface area contributed by atoms with Crippen molar-refractivity contribution in [1.29, 1.82) is 0 Å². The second-order valence-corrected chi connectivity index (χ2v) is 5.95. The Morgan fingerprint density at radius 2 is 1.85 bits per heavy atom. The van der Waals surface area contributed by atoms with Crippen LogP contribution in [0, 0.1) is 0 Å². The largest absolute Gasteiger partial charge is 0.491 e. The van der Waals surface area contributed by atoms with Gasteiger partial charge in [-0.05, 0) is 49.0 Å². The minimum absolute atomic E-state index is 0.313. The smallest absolute Gasteiger partial charge is 0.119 e. The third-order valence-electron chi connectivity index (χ3n) is 4.40. The van der Waals surface area contributed by atoms with Crippen LogP contribution in [0.1, 0.15) is 50.0 Å². The lowest BCUT2D eigenvalue weighted by Crippen LogP contribution is -2.31. The molecule has 108 valence electrons. The molecule has 1 aliphatic heterocycles. The van der Waals surface area contributed by atoms with Gasteiger partial charge >= 0.3 is 0 Å². The molecular weight excluding hydrogens is 248 g/mol. The van der Waals surface area contributed by atoms with Crippen LogP contribution in [-0.4, -0.2) is 12.6 Å². The van der Waals surface area contributed by atoms with Crippen molar-refractivity contribution < 1.29 is 4.74 Å². The third kappa shape index (κ3) is 3.27. The van der Waals surface area contributed by atoms with Crippen LogP contribution < -0.4 is 15.8 Å². The maximum Gasteiger partial charge on any atom is 0.119 e. The van der Waals surface area contributed by atoms with Crippen LogP contribution >= 0.6 is 0 Å². The fraction of sp³-hybridized carbons (Fsp3) is 0.529. The summed E-state index contributed by atoms with van der Waals surface area (Å²) in [4.78, 5) is 0. The van der Waals surface area contributed by atoms with Gasteiger partial charge in [0, 0.05) is 0 Å². The minimum atomic E-state index is 0.313. The Hall–Kier alpha value is -1.64. The van der Waals surface area contributed by atoms with E-state index in [0.29, 0.717) is 12.6 Å². The fourth-order valence-corrected chi connectivity index (χ4v) is 3.20. The molecule has 1 atom stereocenters. The van der Waals surface area contributed by atoms with Crippen LogP contribution in [-0.2, 0) is 0 Å². The van der Waals surface area contributed by atoms with E-state index in [1.165, 1.54) is 37.7 Å². The quantitative estimate of drug-likeness (QED) is 0.884. The number of ether oxygens (including phenoxy) is 1. The summed E-state index contributed by atoms with van der Waals surface area (Å²) in [6.45, 7) is 0.667. The van der Waals surface area contributed by atoms with Gasteiger partial charge in [-0.1, -0.05) is 31.4 Å². The van der Waals surface area contributed by atoms with E-state index < -0.39 is 0 Å². The Morgan fingerprint density at radius 3 is 2.50 bits per heavy atom. The molecule has 1 aliphatic carbocycles. The van der Waals surface area contributed by atoms with Crippen LogP contribution in [0.15, 0.2) is 36.2 Å². The molecule has 3 N–H and O–H groups in total. The zero-order valence-electron chi connectivity index (χ0n) is 12.0. The van der Waals surface area contributed by atoms with Crippen molar-refractivity contribution in [1.82, 2.24) is 5.32 Å². The molecule has 3 heteroatoms. The molecule has 0 amide bonds. The zero-order valence-corrected chi connectivity index (χ0v) is 12.0. The van der Waals surface area contributed by atoms with Crippen molar-refractivity contribution in [3.8, 4) is 5.75 Å². The van der Waals surface area contributed by atoms with Crippen molar-refractivity contribution in [2.75, 3.05) is 6.61 Å². The van der Waals surface area contributed by atoms with Gasteiger partial charge in [-0.25, -0.2) is 0 Å². The van der Waals surface area contributed by atoms with E-state index >= 15 is 0 Å². The first-order valence-corrected chi connectivity index (χ1v) is 7.76. The second-order valence-electron chi connectivity index (χ2n) is 5.95. The lowest BCUT2D eigenvalue weighted by molar-refractivity contribution is 0.278. The van der Waals surface area contributed by atoms with Gasteiger partial charge in [-0.2, -0.15) is 0 Å². The molecule has 1 heterocycles. The van der Waals surface area contributed by atoms with Gasteiger partial charge in [0.15, 0.2) is 0 Å². The number of hydrogen-bond acceptors (Lipinski definition) is 3. The summed E-state index contributed by atoms with van der Waals surface area (Å²) < 4.78 is 5.83. The molecule has 1 aromatic carbocycles. The Balaban J connectivity index is 1.51. The standard InChI is InChI=1S/C17H24N2O/c18-17-11-8-15(19-17)12-20-16-9-6-14(7-10-16)13-4-2-1-3-5-13/h6-7,9-11,13,15,19H,1-5,8,12,18H2/t15-/m0/s1. The van der Waals surface area contributed by atoms with E-state index in [-0.39, 0.29) is 0 Å². The highest BCUT2D eigenvalue weighted by molar-refractivity contribution is 5.29. The molecular formula is C17H24N2O. The van der Waals surface area contributed by atoms with E-state index in [1.54, 1.807) is 0 Å².